The Kier molecular flexibility index (Phi) is 5.29. The van der Waals surface area contributed by atoms with Crippen molar-refractivity contribution in [1.29, 1.82) is 0 Å². The normalized spacial score (nSPS) is 13.7. The number of likely N-dealkylation sites (tertiary alicyclic amines) is 1. The van der Waals surface area contributed by atoms with Crippen LogP contribution in [0.15, 0.2) is 59.0 Å². The Bertz CT molecular complexity index is 1060. The topological polar surface area (TPSA) is 86.1 Å². The van der Waals surface area contributed by atoms with Crippen molar-refractivity contribution in [3.05, 3.63) is 65.9 Å². The summed E-state index contributed by atoms with van der Waals surface area (Å²) in [6.45, 7) is -0.0549. The van der Waals surface area contributed by atoms with Crippen LogP contribution in [0.4, 0.5) is 0 Å². The third kappa shape index (κ3) is 3.99. The number of benzene rings is 2. The largest absolute Gasteiger partial charge is 0.489 e. The molecule has 4 rings (SSSR count). The third-order valence-electron chi connectivity index (χ3n) is 4.71. The van der Waals surface area contributed by atoms with E-state index in [4.69, 9.17) is 13.9 Å². The molecule has 7 nitrogen and oxygen atoms in total. The minimum absolute atomic E-state index is 0.0114. The van der Waals surface area contributed by atoms with Gasteiger partial charge in [0.15, 0.2) is 6.61 Å². The fourth-order valence-electron chi connectivity index (χ4n) is 3.26. The zero-order valence-electron chi connectivity index (χ0n) is 15.6. The second-order valence-electron chi connectivity index (χ2n) is 6.63. The molecule has 0 spiro atoms. The molecule has 148 valence electrons. The SMILES string of the molecule is O=C(OCC(=O)N1CCCC1=O)c1oc2ccccc2c1COc1ccccc1. The lowest BCUT2D eigenvalue weighted by molar-refractivity contribution is -0.143. The number of amides is 2. The predicted molar refractivity (Wildman–Crippen MR) is 103 cm³/mol. The molecule has 2 aromatic carbocycles. The van der Waals surface area contributed by atoms with Gasteiger partial charge in [0.05, 0.1) is 5.56 Å². The van der Waals surface area contributed by atoms with Crippen molar-refractivity contribution in [2.24, 2.45) is 0 Å². The quantitative estimate of drug-likeness (QED) is 0.597. The molecule has 29 heavy (non-hydrogen) atoms. The van der Waals surface area contributed by atoms with Gasteiger partial charge in [0.1, 0.15) is 17.9 Å². The van der Waals surface area contributed by atoms with Crippen molar-refractivity contribution in [2.45, 2.75) is 19.4 Å². The van der Waals surface area contributed by atoms with Crippen molar-refractivity contribution in [3.8, 4) is 5.75 Å². The molecule has 0 unspecified atom stereocenters. The summed E-state index contributed by atoms with van der Waals surface area (Å²) < 4.78 is 16.6. The van der Waals surface area contributed by atoms with Gasteiger partial charge in [-0.3, -0.25) is 14.5 Å². The first kappa shape index (κ1) is 18.7. The number of carbonyl (C=O) groups excluding carboxylic acids is 3. The fourth-order valence-corrected chi connectivity index (χ4v) is 3.26. The molecule has 1 saturated heterocycles. The molecule has 1 aliphatic rings. The van der Waals surface area contributed by atoms with E-state index in [9.17, 15) is 14.4 Å². The minimum atomic E-state index is -0.771. The van der Waals surface area contributed by atoms with Gasteiger partial charge in [-0.15, -0.1) is 0 Å². The number of esters is 1. The highest BCUT2D eigenvalue weighted by Gasteiger charge is 2.28. The first-order valence-electron chi connectivity index (χ1n) is 9.32. The molecule has 7 heteroatoms. The van der Waals surface area contributed by atoms with Crippen LogP contribution in [0.3, 0.4) is 0 Å². The maximum atomic E-state index is 12.6. The lowest BCUT2D eigenvalue weighted by Crippen LogP contribution is -2.35. The Morgan fingerprint density at radius 1 is 1.03 bits per heavy atom. The fraction of sp³-hybridized carbons (Fsp3) is 0.227. The molecule has 2 amide bonds. The summed E-state index contributed by atoms with van der Waals surface area (Å²) >= 11 is 0. The number of hydrogen-bond donors (Lipinski definition) is 0. The van der Waals surface area contributed by atoms with Crippen LogP contribution in [0.1, 0.15) is 29.0 Å². The van der Waals surface area contributed by atoms with Gasteiger partial charge in [-0.25, -0.2) is 4.79 Å². The van der Waals surface area contributed by atoms with Gasteiger partial charge >= 0.3 is 5.97 Å². The smallest absolute Gasteiger partial charge is 0.375 e. The van der Waals surface area contributed by atoms with E-state index in [1.807, 2.05) is 42.5 Å². The molecule has 0 saturated carbocycles. The summed E-state index contributed by atoms with van der Waals surface area (Å²) in [5, 5.41) is 0.733. The van der Waals surface area contributed by atoms with Crippen LogP contribution < -0.4 is 4.74 Å². The van der Waals surface area contributed by atoms with Gasteiger partial charge in [-0.05, 0) is 24.6 Å². The number of ether oxygens (including phenoxy) is 2. The standard InChI is InChI=1S/C22H19NO6/c24-19-11-6-12-23(19)20(25)14-28-22(26)21-17(13-27-15-7-2-1-3-8-15)16-9-4-5-10-18(16)29-21/h1-5,7-10H,6,11-14H2. The summed E-state index contributed by atoms with van der Waals surface area (Å²) in [4.78, 5) is 37.5. The molecule has 3 aromatic rings. The Balaban J connectivity index is 1.51. The second kappa shape index (κ2) is 8.18. The van der Waals surface area contributed by atoms with E-state index in [0.717, 1.165) is 10.3 Å². The van der Waals surface area contributed by atoms with Crippen LogP contribution in [-0.2, 0) is 20.9 Å². The molecule has 1 aromatic heterocycles. The van der Waals surface area contributed by atoms with Crippen molar-refractivity contribution in [3.63, 3.8) is 0 Å². The zero-order chi connectivity index (χ0) is 20.2. The molecule has 0 bridgehead atoms. The van der Waals surface area contributed by atoms with Crippen LogP contribution in [0.5, 0.6) is 5.75 Å². The predicted octanol–water partition coefficient (Wildman–Crippen LogP) is 3.32. The van der Waals surface area contributed by atoms with Crippen LogP contribution in [0.2, 0.25) is 0 Å². The van der Waals surface area contributed by atoms with E-state index in [0.29, 0.717) is 36.3 Å². The van der Waals surface area contributed by atoms with Crippen LogP contribution in [0.25, 0.3) is 11.0 Å². The van der Waals surface area contributed by atoms with Gasteiger partial charge in [0, 0.05) is 18.4 Å². The summed E-state index contributed by atoms with van der Waals surface area (Å²) in [6, 6.07) is 16.4. The molecule has 0 aliphatic carbocycles. The van der Waals surface area contributed by atoms with E-state index < -0.39 is 18.5 Å². The number of para-hydroxylation sites is 2. The molecule has 2 heterocycles. The molecule has 0 N–H and O–H groups in total. The molecule has 0 radical (unpaired) electrons. The summed E-state index contributed by atoms with van der Waals surface area (Å²) in [7, 11) is 0. The number of rotatable bonds is 6. The highest BCUT2D eigenvalue weighted by molar-refractivity contribution is 6.00. The Morgan fingerprint density at radius 3 is 2.55 bits per heavy atom. The van der Waals surface area contributed by atoms with Crippen molar-refractivity contribution in [1.82, 2.24) is 4.90 Å². The Morgan fingerprint density at radius 2 is 1.79 bits per heavy atom. The Hall–Kier alpha value is -3.61. The van der Waals surface area contributed by atoms with Gasteiger partial charge < -0.3 is 13.9 Å². The number of imide groups is 1. The zero-order valence-corrected chi connectivity index (χ0v) is 15.6. The number of hydrogen-bond acceptors (Lipinski definition) is 6. The van der Waals surface area contributed by atoms with E-state index >= 15 is 0 Å². The molecule has 0 atom stereocenters. The number of fused-ring (bicyclic) bond motifs is 1. The molecular formula is C22H19NO6. The van der Waals surface area contributed by atoms with Crippen molar-refractivity contribution in [2.75, 3.05) is 13.2 Å². The third-order valence-corrected chi connectivity index (χ3v) is 4.71. The summed E-state index contributed by atoms with van der Waals surface area (Å²) in [5.41, 5.74) is 1.06. The van der Waals surface area contributed by atoms with E-state index in [1.165, 1.54) is 0 Å². The number of furan rings is 1. The van der Waals surface area contributed by atoms with Crippen LogP contribution in [-0.4, -0.2) is 35.8 Å². The first-order valence-corrected chi connectivity index (χ1v) is 9.32. The maximum Gasteiger partial charge on any atom is 0.375 e. The van der Waals surface area contributed by atoms with Crippen LogP contribution >= 0.6 is 0 Å². The van der Waals surface area contributed by atoms with Crippen molar-refractivity contribution >= 4 is 28.8 Å². The van der Waals surface area contributed by atoms with Gasteiger partial charge in [0.25, 0.3) is 5.91 Å². The minimum Gasteiger partial charge on any atom is -0.489 e. The van der Waals surface area contributed by atoms with Crippen molar-refractivity contribution < 1.29 is 28.3 Å². The first-order chi connectivity index (χ1) is 14.1. The maximum absolute atomic E-state index is 12.6. The lowest BCUT2D eigenvalue weighted by Gasteiger charge is -2.13. The summed E-state index contributed by atoms with van der Waals surface area (Å²) in [6.07, 6.45) is 0.966. The van der Waals surface area contributed by atoms with Crippen LogP contribution in [0, 0.1) is 0 Å². The van der Waals surface area contributed by atoms with E-state index in [1.54, 1.807) is 12.1 Å². The average molecular weight is 393 g/mol. The van der Waals surface area contributed by atoms with Gasteiger partial charge in [-0.1, -0.05) is 36.4 Å². The number of nitrogens with zero attached hydrogens (tertiary/aromatic N) is 1. The second-order valence-corrected chi connectivity index (χ2v) is 6.63. The number of carbonyl (C=O) groups is 3. The Labute approximate surface area is 166 Å². The van der Waals surface area contributed by atoms with Gasteiger partial charge in [0.2, 0.25) is 11.7 Å². The van der Waals surface area contributed by atoms with E-state index in [2.05, 4.69) is 0 Å². The monoisotopic (exact) mass is 393 g/mol. The molecular weight excluding hydrogens is 374 g/mol. The summed E-state index contributed by atoms with van der Waals surface area (Å²) in [5.74, 6) is -0.902. The lowest BCUT2D eigenvalue weighted by atomic mass is 10.1. The average Bonchev–Trinajstić information content (AvgIpc) is 3.34. The van der Waals surface area contributed by atoms with Gasteiger partial charge in [-0.2, -0.15) is 0 Å². The highest BCUT2D eigenvalue weighted by Crippen LogP contribution is 2.28. The molecule has 1 fully saturated rings. The highest BCUT2D eigenvalue weighted by atomic mass is 16.5. The van der Waals surface area contributed by atoms with E-state index in [-0.39, 0.29) is 18.3 Å². The molecule has 1 aliphatic heterocycles.